The molecule has 15 heavy (non-hydrogen) atoms. The minimum Gasteiger partial charge on any atom is -0.361 e. The molecule has 0 saturated carbocycles. The molecule has 0 bridgehead atoms. The Hall–Kier alpha value is -0.630. The van der Waals surface area contributed by atoms with Gasteiger partial charge in [0.1, 0.15) is 0 Å². The van der Waals surface area contributed by atoms with E-state index in [1.807, 2.05) is 11.8 Å². The Morgan fingerprint density at radius 1 is 1.40 bits per heavy atom. The van der Waals surface area contributed by atoms with Gasteiger partial charge in [0.05, 0.1) is 11.6 Å². The number of para-hydroxylation sites is 1. The lowest BCUT2D eigenvalue weighted by Crippen LogP contribution is -2.22. The summed E-state index contributed by atoms with van der Waals surface area (Å²) in [5, 5.41) is 0. The molecule has 0 fully saturated rings. The number of nitrogens with zero attached hydrogens (tertiary/aromatic N) is 1. The predicted molar refractivity (Wildman–Crippen MR) is 68.7 cm³/mol. The molecule has 0 amide bonds. The van der Waals surface area contributed by atoms with Crippen LogP contribution >= 0.6 is 11.8 Å². The molecule has 0 unspecified atom stereocenters. The first-order chi connectivity index (χ1) is 7.18. The first-order valence-electron chi connectivity index (χ1n) is 5.66. The van der Waals surface area contributed by atoms with Crippen LogP contribution in [0.15, 0.2) is 23.1 Å². The Labute approximate surface area is 96.9 Å². The third kappa shape index (κ3) is 2.31. The second-order valence-electron chi connectivity index (χ2n) is 4.64. The summed E-state index contributed by atoms with van der Waals surface area (Å²) < 4.78 is 0. The van der Waals surface area contributed by atoms with E-state index in [-0.39, 0.29) is 0 Å². The van der Waals surface area contributed by atoms with Crippen LogP contribution in [0.2, 0.25) is 0 Å². The van der Waals surface area contributed by atoms with E-state index in [2.05, 4.69) is 43.9 Å². The Balaban J connectivity index is 2.13. The van der Waals surface area contributed by atoms with Crippen molar-refractivity contribution in [1.82, 2.24) is 0 Å². The van der Waals surface area contributed by atoms with Crippen LogP contribution in [0, 0.1) is 12.8 Å². The van der Waals surface area contributed by atoms with Gasteiger partial charge in [-0.2, -0.15) is 0 Å². The zero-order valence-corrected chi connectivity index (χ0v) is 10.6. The number of rotatable bonds is 3. The van der Waals surface area contributed by atoms with Gasteiger partial charge in [-0.05, 0) is 30.9 Å². The average Bonchev–Trinajstić information content (AvgIpc) is 2.59. The van der Waals surface area contributed by atoms with Crippen LogP contribution in [-0.4, -0.2) is 12.4 Å². The van der Waals surface area contributed by atoms with Crippen molar-refractivity contribution < 1.29 is 0 Å². The molecule has 0 spiro atoms. The molecule has 0 N–H and O–H groups in total. The smallest absolute Gasteiger partial charge is 0.0687 e. The zero-order chi connectivity index (χ0) is 10.8. The van der Waals surface area contributed by atoms with Crippen molar-refractivity contribution in [1.29, 1.82) is 0 Å². The number of aryl methyl sites for hydroxylation is 1. The number of benzene rings is 1. The lowest BCUT2D eigenvalue weighted by atomic mass is 10.1. The van der Waals surface area contributed by atoms with Gasteiger partial charge in [-0.15, -0.1) is 11.8 Å². The topological polar surface area (TPSA) is 3.24 Å². The van der Waals surface area contributed by atoms with Crippen LogP contribution in [-0.2, 0) is 0 Å². The summed E-state index contributed by atoms with van der Waals surface area (Å²) in [6.45, 7) is 8.00. The third-order valence-corrected chi connectivity index (χ3v) is 3.95. The highest BCUT2D eigenvalue weighted by atomic mass is 32.2. The molecular weight excluding hydrogens is 202 g/mol. The Morgan fingerprint density at radius 3 is 2.93 bits per heavy atom. The van der Waals surface area contributed by atoms with Crippen molar-refractivity contribution in [2.24, 2.45) is 5.92 Å². The van der Waals surface area contributed by atoms with Gasteiger partial charge in [0.2, 0.25) is 0 Å². The molecule has 0 aromatic heterocycles. The second-order valence-corrected chi connectivity index (χ2v) is 5.63. The molecule has 2 heteroatoms. The Kier molecular flexibility index (Phi) is 3.25. The van der Waals surface area contributed by atoms with Crippen molar-refractivity contribution in [3.8, 4) is 0 Å². The van der Waals surface area contributed by atoms with E-state index >= 15 is 0 Å². The summed E-state index contributed by atoms with van der Waals surface area (Å²) >= 11 is 1.97. The summed E-state index contributed by atoms with van der Waals surface area (Å²) in [5.41, 5.74) is 2.89. The van der Waals surface area contributed by atoms with E-state index in [0.29, 0.717) is 0 Å². The van der Waals surface area contributed by atoms with E-state index in [0.717, 1.165) is 11.8 Å². The average molecular weight is 221 g/mol. The standard InChI is InChI=1S/C13H19NS/c1-10(2)7-8-14-9-15-12-6-4-5-11(3)13(12)14/h4-6,10H,7-9H2,1-3H3. The van der Waals surface area contributed by atoms with Crippen molar-refractivity contribution in [2.75, 3.05) is 17.3 Å². The molecule has 1 aromatic rings. The van der Waals surface area contributed by atoms with E-state index in [1.54, 1.807) is 0 Å². The van der Waals surface area contributed by atoms with Gasteiger partial charge in [0, 0.05) is 11.4 Å². The summed E-state index contributed by atoms with van der Waals surface area (Å²) in [4.78, 5) is 3.98. The van der Waals surface area contributed by atoms with Crippen molar-refractivity contribution >= 4 is 17.4 Å². The van der Waals surface area contributed by atoms with Gasteiger partial charge in [-0.3, -0.25) is 0 Å². The maximum absolute atomic E-state index is 2.52. The van der Waals surface area contributed by atoms with Crippen LogP contribution in [0.3, 0.4) is 0 Å². The maximum Gasteiger partial charge on any atom is 0.0687 e. The first kappa shape index (κ1) is 10.9. The van der Waals surface area contributed by atoms with E-state index < -0.39 is 0 Å². The molecule has 0 aliphatic carbocycles. The van der Waals surface area contributed by atoms with Gasteiger partial charge in [0.25, 0.3) is 0 Å². The zero-order valence-electron chi connectivity index (χ0n) is 9.79. The number of anilines is 1. The van der Waals surface area contributed by atoms with Crippen LogP contribution in [0.25, 0.3) is 0 Å². The largest absolute Gasteiger partial charge is 0.361 e. The minimum atomic E-state index is 0.795. The highest BCUT2D eigenvalue weighted by Gasteiger charge is 2.20. The molecule has 1 aromatic carbocycles. The highest BCUT2D eigenvalue weighted by molar-refractivity contribution is 7.99. The van der Waals surface area contributed by atoms with Crippen molar-refractivity contribution in [2.45, 2.75) is 32.1 Å². The molecule has 82 valence electrons. The second kappa shape index (κ2) is 4.48. The Bertz CT molecular complexity index is 346. The number of hydrogen-bond acceptors (Lipinski definition) is 2. The van der Waals surface area contributed by atoms with Crippen molar-refractivity contribution in [3.63, 3.8) is 0 Å². The minimum absolute atomic E-state index is 0.795. The lowest BCUT2D eigenvalue weighted by molar-refractivity contribution is 0.583. The molecule has 0 atom stereocenters. The van der Waals surface area contributed by atoms with E-state index in [4.69, 9.17) is 0 Å². The number of thioether (sulfide) groups is 1. The molecule has 1 aliphatic rings. The fourth-order valence-electron chi connectivity index (χ4n) is 1.96. The van der Waals surface area contributed by atoms with Gasteiger partial charge in [-0.25, -0.2) is 0 Å². The summed E-state index contributed by atoms with van der Waals surface area (Å²) in [6.07, 6.45) is 1.29. The Morgan fingerprint density at radius 2 is 2.20 bits per heavy atom. The predicted octanol–water partition coefficient (Wildman–Crippen LogP) is 3.91. The number of hydrogen-bond donors (Lipinski definition) is 0. The van der Waals surface area contributed by atoms with E-state index in [9.17, 15) is 0 Å². The molecule has 0 radical (unpaired) electrons. The molecule has 0 saturated heterocycles. The van der Waals surface area contributed by atoms with E-state index in [1.165, 1.54) is 29.1 Å². The molecule has 1 nitrogen and oxygen atoms in total. The maximum atomic E-state index is 2.52. The van der Waals surface area contributed by atoms with Gasteiger partial charge in [0.15, 0.2) is 0 Å². The fraction of sp³-hybridized carbons (Fsp3) is 0.538. The molecule has 2 rings (SSSR count). The monoisotopic (exact) mass is 221 g/mol. The number of fused-ring (bicyclic) bond motifs is 1. The fourth-order valence-corrected chi connectivity index (χ4v) is 3.11. The van der Waals surface area contributed by atoms with Gasteiger partial charge < -0.3 is 4.90 Å². The summed E-state index contributed by atoms with van der Waals surface area (Å²) in [5.74, 6) is 1.93. The summed E-state index contributed by atoms with van der Waals surface area (Å²) in [7, 11) is 0. The highest BCUT2D eigenvalue weighted by Crippen LogP contribution is 2.40. The van der Waals surface area contributed by atoms with Crippen LogP contribution in [0.4, 0.5) is 5.69 Å². The lowest BCUT2D eigenvalue weighted by Gasteiger charge is -2.21. The quantitative estimate of drug-likeness (QED) is 0.761. The van der Waals surface area contributed by atoms with Crippen LogP contribution in [0.1, 0.15) is 25.8 Å². The molecule has 1 aliphatic heterocycles. The SMILES string of the molecule is Cc1cccc2c1N(CCC(C)C)CS2. The van der Waals surface area contributed by atoms with Crippen molar-refractivity contribution in [3.05, 3.63) is 23.8 Å². The van der Waals surface area contributed by atoms with Crippen LogP contribution in [0.5, 0.6) is 0 Å². The summed E-state index contributed by atoms with van der Waals surface area (Å²) in [6, 6.07) is 6.61. The normalized spacial score (nSPS) is 14.8. The third-order valence-electron chi connectivity index (χ3n) is 2.87. The van der Waals surface area contributed by atoms with Crippen LogP contribution < -0.4 is 4.90 Å². The first-order valence-corrected chi connectivity index (χ1v) is 6.64. The van der Waals surface area contributed by atoms with Gasteiger partial charge >= 0.3 is 0 Å². The van der Waals surface area contributed by atoms with Gasteiger partial charge in [-0.1, -0.05) is 26.0 Å². The molecular formula is C13H19NS. The molecule has 1 heterocycles.